The van der Waals surface area contributed by atoms with Crippen molar-refractivity contribution in [1.29, 1.82) is 0 Å². The maximum Gasteiger partial charge on any atom is 0.295 e. The number of amides is 1. The number of H-pyrrole nitrogens is 1. The number of halogens is 1. The van der Waals surface area contributed by atoms with Gasteiger partial charge in [-0.3, -0.25) is 9.89 Å². The van der Waals surface area contributed by atoms with Gasteiger partial charge in [-0.05, 0) is 30.2 Å². The Morgan fingerprint density at radius 1 is 1.38 bits per heavy atom. The molecule has 1 amide bonds. The van der Waals surface area contributed by atoms with Crippen LogP contribution in [-0.2, 0) is 11.8 Å². The first-order chi connectivity index (χ1) is 9.81. The van der Waals surface area contributed by atoms with E-state index in [2.05, 4.69) is 36.4 Å². The number of aromatic nitrogens is 3. The summed E-state index contributed by atoms with van der Waals surface area (Å²) in [5, 5.41) is 9.68. The zero-order valence-corrected chi connectivity index (χ0v) is 14.2. The van der Waals surface area contributed by atoms with E-state index in [0.29, 0.717) is 5.82 Å². The van der Waals surface area contributed by atoms with Crippen LogP contribution in [0.15, 0.2) is 22.7 Å². The van der Waals surface area contributed by atoms with Crippen LogP contribution in [0.25, 0.3) is 0 Å². The van der Waals surface area contributed by atoms with Gasteiger partial charge in [-0.25, -0.2) is 4.98 Å². The minimum atomic E-state index is -0.307. The number of nitrogens with one attached hydrogen (secondary N) is 2. The van der Waals surface area contributed by atoms with Gasteiger partial charge in [0.25, 0.3) is 5.91 Å². The second-order valence-electron chi connectivity index (χ2n) is 5.87. The molecular formula is C15H19BrN4O. The molecular weight excluding hydrogens is 332 g/mol. The van der Waals surface area contributed by atoms with E-state index in [9.17, 15) is 4.79 Å². The molecule has 21 heavy (non-hydrogen) atoms. The first-order valence-electron chi connectivity index (χ1n) is 6.84. The van der Waals surface area contributed by atoms with Crippen molar-refractivity contribution in [2.45, 2.75) is 39.5 Å². The third kappa shape index (κ3) is 3.69. The average molecular weight is 351 g/mol. The molecule has 0 aliphatic rings. The van der Waals surface area contributed by atoms with Gasteiger partial charge in [0, 0.05) is 15.6 Å². The molecule has 2 aromatic rings. The summed E-state index contributed by atoms with van der Waals surface area (Å²) < 4.78 is 0.991. The zero-order valence-electron chi connectivity index (χ0n) is 12.6. The van der Waals surface area contributed by atoms with E-state index in [4.69, 9.17) is 0 Å². The molecule has 0 aliphatic carbocycles. The van der Waals surface area contributed by atoms with Gasteiger partial charge in [0.05, 0.1) is 0 Å². The highest BCUT2D eigenvalue weighted by atomic mass is 79.9. The Kier molecular flexibility index (Phi) is 4.46. The smallest absolute Gasteiger partial charge is 0.295 e. The number of carbonyl (C=O) groups is 1. The van der Waals surface area contributed by atoms with Crippen LogP contribution in [0, 0.1) is 0 Å². The van der Waals surface area contributed by atoms with Gasteiger partial charge in [0.1, 0.15) is 5.82 Å². The molecule has 5 nitrogen and oxygen atoms in total. The Morgan fingerprint density at radius 2 is 2.10 bits per heavy atom. The first kappa shape index (κ1) is 15.7. The second-order valence-corrected chi connectivity index (χ2v) is 6.78. The van der Waals surface area contributed by atoms with Crippen molar-refractivity contribution in [2.24, 2.45) is 0 Å². The van der Waals surface area contributed by atoms with Crippen molar-refractivity contribution >= 4 is 27.5 Å². The quantitative estimate of drug-likeness (QED) is 0.886. The fourth-order valence-corrected chi connectivity index (χ4v) is 2.26. The van der Waals surface area contributed by atoms with Crippen LogP contribution >= 0.6 is 15.9 Å². The van der Waals surface area contributed by atoms with Crippen molar-refractivity contribution in [3.63, 3.8) is 0 Å². The van der Waals surface area contributed by atoms with Gasteiger partial charge in [-0.15, -0.1) is 5.10 Å². The number of rotatable bonds is 3. The lowest BCUT2D eigenvalue weighted by atomic mass is 9.96. The van der Waals surface area contributed by atoms with Crippen LogP contribution in [0.4, 0.5) is 5.69 Å². The van der Waals surface area contributed by atoms with Crippen molar-refractivity contribution in [1.82, 2.24) is 15.2 Å². The fourth-order valence-electron chi connectivity index (χ4n) is 1.85. The van der Waals surface area contributed by atoms with Crippen LogP contribution in [0.1, 0.15) is 49.7 Å². The van der Waals surface area contributed by atoms with Crippen LogP contribution in [0.5, 0.6) is 0 Å². The zero-order chi connectivity index (χ0) is 15.6. The monoisotopic (exact) mass is 350 g/mol. The summed E-state index contributed by atoms with van der Waals surface area (Å²) in [6, 6.07) is 5.76. The molecule has 0 radical (unpaired) electrons. The van der Waals surface area contributed by atoms with E-state index in [-0.39, 0.29) is 17.1 Å². The van der Waals surface area contributed by atoms with Crippen LogP contribution < -0.4 is 5.32 Å². The lowest BCUT2D eigenvalue weighted by Gasteiger charge is -2.13. The van der Waals surface area contributed by atoms with Crippen LogP contribution in [0.2, 0.25) is 0 Å². The van der Waals surface area contributed by atoms with Gasteiger partial charge in [0.15, 0.2) is 0 Å². The predicted octanol–water partition coefficient (Wildman–Crippen LogP) is 3.68. The molecule has 0 saturated heterocycles. The van der Waals surface area contributed by atoms with Crippen molar-refractivity contribution in [3.8, 4) is 0 Å². The number of carbonyl (C=O) groups excluding carboxylic acids is 1. The molecule has 0 spiro atoms. The van der Waals surface area contributed by atoms with Crippen LogP contribution in [0.3, 0.4) is 0 Å². The number of hydrogen-bond acceptors (Lipinski definition) is 3. The molecule has 112 valence electrons. The van der Waals surface area contributed by atoms with Crippen LogP contribution in [-0.4, -0.2) is 21.1 Å². The highest BCUT2D eigenvalue weighted by molar-refractivity contribution is 9.10. The van der Waals surface area contributed by atoms with Crippen molar-refractivity contribution in [2.75, 3.05) is 5.32 Å². The lowest BCUT2D eigenvalue weighted by Crippen LogP contribution is -2.16. The predicted molar refractivity (Wildman–Crippen MR) is 86.6 cm³/mol. The molecule has 0 atom stereocenters. The summed E-state index contributed by atoms with van der Waals surface area (Å²) >= 11 is 3.43. The van der Waals surface area contributed by atoms with E-state index < -0.39 is 0 Å². The second kappa shape index (κ2) is 5.97. The summed E-state index contributed by atoms with van der Waals surface area (Å²) in [4.78, 5) is 16.5. The Morgan fingerprint density at radius 3 is 2.67 bits per heavy atom. The molecule has 1 heterocycles. The number of anilines is 1. The van der Waals surface area contributed by atoms with E-state index in [1.54, 1.807) is 0 Å². The Labute approximate surface area is 132 Å². The molecule has 1 aromatic carbocycles. The average Bonchev–Trinajstić information content (AvgIpc) is 2.90. The summed E-state index contributed by atoms with van der Waals surface area (Å²) in [6.45, 7) is 8.08. The molecule has 2 rings (SSSR count). The molecule has 0 bridgehead atoms. The molecule has 0 aliphatic heterocycles. The number of aryl methyl sites for hydroxylation is 1. The Hall–Kier alpha value is -1.69. The number of aromatic amines is 1. The molecule has 2 N–H and O–H groups in total. The molecule has 0 fully saturated rings. The standard InChI is InChI=1S/C15H19BrN4O/c1-5-9-8-10(16)6-7-11(9)17-13(21)12-18-14(20-19-12)15(2,3)4/h6-8H,5H2,1-4H3,(H,17,21)(H,18,19,20). The summed E-state index contributed by atoms with van der Waals surface area (Å²) in [7, 11) is 0. The topological polar surface area (TPSA) is 70.7 Å². The summed E-state index contributed by atoms with van der Waals surface area (Å²) in [5.41, 5.74) is 1.68. The van der Waals surface area contributed by atoms with E-state index in [0.717, 1.165) is 22.1 Å². The Bertz CT molecular complexity index is 658. The summed E-state index contributed by atoms with van der Waals surface area (Å²) in [6.07, 6.45) is 0.830. The maximum atomic E-state index is 12.2. The van der Waals surface area contributed by atoms with Gasteiger partial charge in [-0.2, -0.15) is 0 Å². The minimum Gasteiger partial charge on any atom is -0.319 e. The minimum absolute atomic E-state index is 0.157. The Balaban J connectivity index is 2.20. The first-order valence-corrected chi connectivity index (χ1v) is 7.63. The highest BCUT2D eigenvalue weighted by Crippen LogP contribution is 2.22. The van der Waals surface area contributed by atoms with E-state index >= 15 is 0 Å². The maximum absolute atomic E-state index is 12.2. The lowest BCUT2D eigenvalue weighted by molar-refractivity contribution is 0.101. The van der Waals surface area contributed by atoms with Crippen molar-refractivity contribution < 1.29 is 4.79 Å². The SMILES string of the molecule is CCc1cc(Br)ccc1NC(=O)c1n[nH]c(C(C)(C)C)n1. The van der Waals surface area contributed by atoms with Crippen molar-refractivity contribution in [3.05, 3.63) is 39.9 Å². The molecule has 0 saturated carbocycles. The molecule has 6 heteroatoms. The summed E-state index contributed by atoms with van der Waals surface area (Å²) in [5.74, 6) is 0.544. The van der Waals surface area contributed by atoms with Gasteiger partial charge in [0.2, 0.25) is 5.82 Å². The van der Waals surface area contributed by atoms with Gasteiger partial charge < -0.3 is 5.32 Å². The highest BCUT2D eigenvalue weighted by Gasteiger charge is 2.21. The fraction of sp³-hybridized carbons (Fsp3) is 0.400. The number of hydrogen-bond donors (Lipinski definition) is 2. The van der Waals surface area contributed by atoms with Gasteiger partial charge in [-0.1, -0.05) is 43.6 Å². The number of nitrogens with zero attached hydrogens (tertiary/aromatic N) is 2. The number of benzene rings is 1. The van der Waals surface area contributed by atoms with E-state index in [1.807, 2.05) is 45.9 Å². The normalized spacial score (nSPS) is 11.5. The van der Waals surface area contributed by atoms with E-state index in [1.165, 1.54) is 0 Å². The third-order valence-electron chi connectivity index (χ3n) is 3.10. The largest absolute Gasteiger partial charge is 0.319 e. The third-order valence-corrected chi connectivity index (χ3v) is 3.59. The molecule has 1 aromatic heterocycles. The molecule has 0 unspecified atom stereocenters. The van der Waals surface area contributed by atoms with Gasteiger partial charge >= 0.3 is 0 Å².